The van der Waals surface area contributed by atoms with Crippen LogP contribution in [-0.2, 0) is 0 Å². The van der Waals surface area contributed by atoms with Crippen molar-refractivity contribution in [1.29, 1.82) is 0 Å². The maximum absolute atomic E-state index is 12.1. The van der Waals surface area contributed by atoms with Gasteiger partial charge in [-0.2, -0.15) is 0 Å². The number of thiophene rings is 2. The van der Waals surface area contributed by atoms with Crippen LogP contribution in [0.5, 0.6) is 0 Å². The number of anilines is 2. The zero-order chi connectivity index (χ0) is 16.2. The molecule has 0 spiro atoms. The molecule has 3 rings (SSSR count). The second kappa shape index (κ2) is 6.76. The summed E-state index contributed by atoms with van der Waals surface area (Å²) in [7, 11) is 0. The average molecular weight is 342 g/mol. The van der Waals surface area contributed by atoms with Crippen LogP contribution >= 0.6 is 22.7 Å². The maximum Gasteiger partial charge on any atom is 0.265 e. The number of hydrogen-bond acceptors (Lipinski definition) is 4. The first kappa shape index (κ1) is 15.5. The molecule has 3 aromatic rings. The molecule has 0 atom stereocenters. The minimum atomic E-state index is -0.130. The van der Waals surface area contributed by atoms with E-state index in [9.17, 15) is 9.59 Å². The Morgan fingerprint density at radius 2 is 1.48 bits per heavy atom. The Labute approximate surface area is 141 Å². The van der Waals surface area contributed by atoms with Crippen LogP contribution in [0.1, 0.15) is 24.9 Å². The Bertz CT molecular complexity index is 824. The van der Waals surface area contributed by atoms with E-state index in [1.807, 2.05) is 35.9 Å². The molecule has 116 valence electrons. The number of aryl methyl sites for hydroxylation is 1. The van der Waals surface area contributed by atoms with Crippen LogP contribution in [0.4, 0.5) is 11.4 Å². The summed E-state index contributed by atoms with van der Waals surface area (Å²) in [5.74, 6) is -0.256. The minimum Gasteiger partial charge on any atom is -0.321 e. The molecule has 2 N–H and O–H groups in total. The molecule has 0 saturated carbocycles. The minimum absolute atomic E-state index is 0.126. The molecule has 1 aromatic carbocycles. The summed E-state index contributed by atoms with van der Waals surface area (Å²) in [4.78, 5) is 25.4. The van der Waals surface area contributed by atoms with Gasteiger partial charge in [-0.15, -0.1) is 22.7 Å². The number of carbonyl (C=O) groups is 2. The van der Waals surface area contributed by atoms with Gasteiger partial charge in [-0.3, -0.25) is 9.59 Å². The van der Waals surface area contributed by atoms with Crippen molar-refractivity contribution in [2.24, 2.45) is 0 Å². The number of amides is 2. The van der Waals surface area contributed by atoms with Crippen LogP contribution in [0.3, 0.4) is 0 Å². The third kappa shape index (κ3) is 3.67. The zero-order valence-corrected chi connectivity index (χ0v) is 14.0. The molecule has 0 aliphatic heterocycles. The number of benzene rings is 1. The molecular weight excluding hydrogens is 328 g/mol. The quantitative estimate of drug-likeness (QED) is 0.727. The molecule has 0 radical (unpaired) electrons. The Morgan fingerprint density at radius 1 is 0.870 bits per heavy atom. The van der Waals surface area contributed by atoms with Gasteiger partial charge in [0.05, 0.1) is 9.75 Å². The number of hydrogen-bond donors (Lipinski definition) is 2. The van der Waals surface area contributed by atoms with Crippen LogP contribution in [0, 0.1) is 6.92 Å². The number of rotatable bonds is 4. The summed E-state index contributed by atoms with van der Waals surface area (Å²) in [5.41, 5.74) is 2.33. The lowest BCUT2D eigenvalue weighted by atomic mass is 10.1. The largest absolute Gasteiger partial charge is 0.321 e. The van der Waals surface area contributed by atoms with E-state index in [0.29, 0.717) is 15.4 Å². The van der Waals surface area contributed by atoms with Gasteiger partial charge in [-0.25, -0.2) is 0 Å². The lowest BCUT2D eigenvalue weighted by Crippen LogP contribution is -2.12. The van der Waals surface area contributed by atoms with Gasteiger partial charge >= 0.3 is 0 Å². The third-order valence-corrected chi connectivity index (χ3v) is 4.96. The van der Waals surface area contributed by atoms with Gasteiger partial charge in [0.2, 0.25) is 0 Å². The van der Waals surface area contributed by atoms with Crippen molar-refractivity contribution in [2.45, 2.75) is 6.92 Å². The summed E-state index contributed by atoms with van der Waals surface area (Å²) in [6, 6.07) is 12.7. The van der Waals surface area contributed by atoms with Crippen LogP contribution in [-0.4, -0.2) is 11.8 Å². The molecule has 0 fully saturated rings. The van der Waals surface area contributed by atoms with Crippen molar-refractivity contribution < 1.29 is 9.59 Å². The van der Waals surface area contributed by atoms with Crippen molar-refractivity contribution in [3.05, 3.63) is 68.5 Å². The lowest BCUT2D eigenvalue weighted by Gasteiger charge is -2.10. The van der Waals surface area contributed by atoms with E-state index in [1.165, 1.54) is 22.7 Å². The first-order valence-electron chi connectivity index (χ1n) is 6.94. The fourth-order valence-electron chi connectivity index (χ4n) is 2.07. The van der Waals surface area contributed by atoms with E-state index in [0.717, 1.165) is 11.3 Å². The molecule has 0 aliphatic carbocycles. The zero-order valence-electron chi connectivity index (χ0n) is 12.3. The van der Waals surface area contributed by atoms with Gasteiger partial charge in [-0.05, 0) is 53.6 Å². The monoisotopic (exact) mass is 342 g/mol. The summed E-state index contributed by atoms with van der Waals surface area (Å²) >= 11 is 2.79. The van der Waals surface area contributed by atoms with Gasteiger partial charge in [0.25, 0.3) is 11.8 Å². The van der Waals surface area contributed by atoms with Crippen molar-refractivity contribution in [1.82, 2.24) is 0 Å². The van der Waals surface area contributed by atoms with E-state index in [1.54, 1.807) is 24.3 Å². The highest BCUT2D eigenvalue weighted by Gasteiger charge is 2.10. The summed E-state index contributed by atoms with van der Waals surface area (Å²) in [6.07, 6.45) is 0. The van der Waals surface area contributed by atoms with Gasteiger partial charge in [0.1, 0.15) is 0 Å². The SMILES string of the molecule is Cc1cc(NC(=O)c2cccs2)ccc1NC(=O)c1cccs1. The molecule has 4 nitrogen and oxygen atoms in total. The first-order valence-corrected chi connectivity index (χ1v) is 8.70. The average Bonchev–Trinajstić information content (AvgIpc) is 3.23. The van der Waals surface area contributed by atoms with E-state index >= 15 is 0 Å². The molecule has 0 unspecified atom stereocenters. The molecule has 6 heteroatoms. The molecular formula is C17H14N2O2S2. The Hall–Kier alpha value is -2.44. The van der Waals surface area contributed by atoms with Gasteiger partial charge < -0.3 is 10.6 Å². The number of nitrogens with one attached hydrogen (secondary N) is 2. The second-order valence-corrected chi connectivity index (χ2v) is 6.79. The number of carbonyl (C=O) groups excluding carboxylic acids is 2. The van der Waals surface area contributed by atoms with Gasteiger partial charge in [-0.1, -0.05) is 12.1 Å². The molecule has 0 saturated heterocycles. The van der Waals surface area contributed by atoms with Crippen molar-refractivity contribution in [3.8, 4) is 0 Å². The predicted molar refractivity (Wildman–Crippen MR) is 95.7 cm³/mol. The van der Waals surface area contributed by atoms with Gasteiger partial charge in [0.15, 0.2) is 0 Å². The van der Waals surface area contributed by atoms with Crippen molar-refractivity contribution in [3.63, 3.8) is 0 Å². The van der Waals surface area contributed by atoms with E-state index in [-0.39, 0.29) is 11.8 Å². The fourth-order valence-corrected chi connectivity index (χ4v) is 3.31. The van der Waals surface area contributed by atoms with Crippen LogP contribution < -0.4 is 10.6 Å². The third-order valence-electron chi connectivity index (χ3n) is 3.22. The van der Waals surface area contributed by atoms with E-state index in [2.05, 4.69) is 10.6 Å². The Morgan fingerprint density at radius 3 is 2.00 bits per heavy atom. The molecule has 2 aromatic heterocycles. The highest BCUT2D eigenvalue weighted by molar-refractivity contribution is 7.12. The topological polar surface area (TPSA) is 58.2 Å². The van der Waals surface area contributed by atoms with Gasteiger partial charge in [0, 0.05) is 11.4 Å². The summed E-state index contributed by atoms with van der Waals surface area (Å²) < 4.78 is 0. The predicted octanol–water partition coefficient (Wildman–Crippen LogP) is 4.62. The van der Waals surface area contributed by atoms with Crippen molar-refractivity contribution >= 4 is 45.9 Å². The Kier molecular flexibility index (Phi) is 4.55. The molecule has 23 heavy (non-hydrogen) atoms. The molecule has 0 bridgehead atoms. The van der Waals surface area contributed by atoms with Crippen molar-refractivity contribution in [2.75, 3.05) is 10.6 Å². The highest BCUT2D eigenvalue weighted by atomic mass is 32.1. The van der Waals surface area contributed by atoms with E-state index < -0.39 is 0 Å². The lowest BCUT2D eigenvalue weighted by molar-refractivity contribution is 0.102. The van der Waals surface area contributed by atoms with Crippen LogP contribution in [0.2, 0.25) is 0 Å². The molecule has 2 heterocycles. The molecule has 0 aliphatic rings. The van der Waals surface area contributed by atoms with Crippen LogP contribution in [0.15, 0.2) is 53.2 Å². The standard InChI is InChI=1S/C17H14N2O2S2/c1-11-10-12(18-16(20)14-4-2-8-22-14)6-7-13(11)19-17(21)15-5-3-9-23-15/h2-10H,1H3,(H,18,20)(H,19,21). The maximum atomic E-state index is 12.1. The smallest absolute Gasteiger partial charge is 0.265 e. The highest BCUT2D eigenvalue weighted by Crippen LogP contribution is 2.22. The van der Waals surface area contributed by atoms with E-state index in [4.69, 9.17) is 0 Å². The second-order valence-electron chi connectivity index (χ2n) is 4.89. The fraction of sp³-hybridized carbons (Fsp3) is 0.0588. The normalized spacial score (nSPS) is 10.3. The summed E-state index contributed by atoms with van der Waals surface area (Å²) in [5, 5.41) is 9.47. The summed E-state index contributed by atoms with van der Waals surface area (Å²) in [6.45, 7) is 1.89. The molecule has 2 amide bonds. The van der Waals surface area contributed by atoms with Crippen LogP contribution in [0.25, 0.3) is 0 Å². The Balaban J connectivity index is 1.71. The first-order chi connectivity index (χ1) is 11.1.